The van der Waals surface area contributed by atoms with Crippen LogP contribution in [0.2, 0.25) is 0 Å². The molecule has 2 aromatic rings. The van der Waals surface area contributed by atoms with Crippen LogP contribution in [0.5, 0.6) is 0 Å². The molecule has 2 atom stereocenters. The molecule has 0 radical (unpaired) electrons. The van der Waals surface area contributed by atoms with Crippen molar-refractivity contribution in [3.05, 3.63) is 64.4 Å². The highest BCUT2D eigenvalue weighted by Gasteiger charge is 2.24. The standard InChI is InChI=1S/C17H21BrN2OS/c1-17(2,3)22(21)20-16(9-13-7-5-4-6-8-13)14-10-15(18)12-19-11-14/h4-8,10-12,16,20H,9H2,1-3H3/t16-,22-/m1/s1. The summed E-state index contributed by atoms with van der Waals surface area (Å²) in [7, 11) is -1.14. The predicted molar refractivity (Wildman–Crippen MR) is 95.9 cm³/mol. The fourth-order valence-electron chi connectivity index (χ4n) is 2.00. The van der Waals surface area contributed by atoms with E-state index in [1.807, 2.05) is 51.2 Å². The van der Waals surface area contributed by atoms with E-state index >= 15 is 0 Å². The molecule has 1 aromatic carbocycles. The van der Waals surface area contributed by atoms with Crippen molar-refractivity contribution in [3.63, 3.8) is 0 Å². The van der Waals surface area contributed by atoms with E-state index in [1.54, 1.807) is 6.20 Å². The maximum Gasteiger partial charge on any atom is 0.0976 e. The zero-order chi connectivity index (χ0) is 16.2. The number of halogens is 1. The van der Waals surface area contributed by atoms with Crippen molar-refractivity contribution in [2.45, 2.75) is 38.0 Å². The molecule has 0 spiro atoms. The zero-order valence-electron chi connectivity index (χ0n) is 13.0. The predicted octanol–water partition coefficient (Wildman–Crippen LogP) is 4.18. The zero-order valence-corrected chi connectivity index (χ0v) is 15.4. The lowest BCUT2D eigenvalue weighted by Gasteiger charge is -2.24. The van der Waals surface area contributed by atoms with Gasteiger partial charge in [-0.1, -0.05) is 30.3 Å². The number of rotatable bonds is 5. The third-order valence-electron chi connectivity index (χ3n) is 3.22. The van der Waals surface area contributed by atoms with Gasteiger partial charge in [0.05, 0.1) is 15.7 Å². The number of nitrogens with zero attached hydrogens (tertiary/aromatic N) is 1. The Labute approximate surface area is 143 Å². The number of pyridine rings is 1. The highest BCUT2D eigenvalue weighted by atomic mass is 79.9. The summed E-state index contributed by atoms with van der Waals surface area (Å²) in [6.07, 6.45) is 4.34. The van der Waals surface area contributed by atoms with Crippen LogP contribution in [0.15, 0.2) is 53.3 Å². The summed E-state index contributed by atoms with van der Waals surface area (Å²) in [5, 5.41) is 0. The highest BCUT2D eigenvalue weighted by Crippen LogP contribution is 2.23. The van der Waals surface area contributed by atoms with Gasteiger partial charge in [-0.25, -0.2) is 8.93 Å². The van der Waals surface area contributed by atoms with Crippen molar-refractivity contribution in [1.82, 2.24) is 9.71 Å². The maximum atomic E-state index is 12.5. The molecule has 1 N–H and O–H groups in total. The number of benzene rings is 1. The van der Waals surface area contributed by atoms with Crippen molar-refractivity contribution < 1.29 is 4.21 Å². The third kappa shape index (κ3) is 5.00. The van der Waals surface area contributed by atoms with Crippen LogP contribution in [0, 0.1) is 0 Å². The molecule has 3 nitrogen and oxygen atoms in total. The minimum absolute atomic E-state index is 0.0486. The average molecular weight is 381 g/mol. The van der Waals surface area contributed by atoms with E-state index in [1.165, 1.54) is 5.56 Å². The van der Waals surface area contributed by atoms with Gasteiger partial charge in [0, 0.05) is 22.9 Å². The Kier molecular flexibility index (Phi) is 5.89. The van der Waals surface area contributed by atoms with E-state index in [9.17, 15) is 4.21 Å². The number of hydrogen-bond donors (Lipinski definition) is 1. The topological polar surface area (TPSA) is 42.0 Å². The summed E-state index contributed by atoms with van der Waals surface area (Å²) in [5.41, 5.74) is 2.22. The van der Waals surface area contributed by atoms with Gasteiger partial charge < -0.3 is 0 Å². The molecule has 0 saturated heterocycles. The van der Waals surface area contributed by atoms with Crippen molar-refractivity contribution in [3.8, 4) is 0 Å². The monoisotopic (exact) mass is 380 g/mol. The second-order valence-corrected chi connectivity index (χ2v) is 9.09. The first-order valence-corrected chi connectivity index (χ1v) is 9.13. The minimum Gasteiger partial charge on any atom is -0.263 e. The Bertz CT molecular complexity index is 641. The van der Waals surface area contributed by atoms with Gasteiger partial charge in [0.2, 0.25) is 0 Å². The molecule has 0 bridgehead atoms. The summed E-state index contributed by atoms with van der Waals surface area (Å²) in [6, 6.07) is 12.2. The van der Waals surface area contributed by atoms with E-state index in [0.29, 0.717) is 0 Å². The van der Waals surface area contributed by atoms with Crippen molar-refractivity contribution >= 4 is 26.9 Å². The van der Waals surface area contributed by atoms with E-state index in [4.69, 9.17) is 0 Å². The molecule has 1 heterocycles. The Morgan fingerprint density at radius 2 is 1.91 bits per heavy atom. The average Bonchev–Trinajstić information content (AvgIpc) is 2.46. The molecule has 0 aliphatic carbocycles. The molecular weight excluding hydrogens is 360 g/mol. The number of hydrogen-bond acceptors (Lipinski definition) is 2. The van der Waals surface area contributed by atoms with Gasteiger partial charge >= 0.3 is 0 Å². The molecule has 118 valence electrons. The van der Waals surface area contributed by atoms with Gasteiger partial charge in [-0.3, -0.25) is 4.98 Å². The molecular formula is C17H21BrN2OS. The SMILES string of the molecule is CC(C)(C)[S@@](=O)N[C@H](Cc1ccccc1)c1cncc(Br)c1. The lowest BCUT2D eigenvalue weighted by molar-refractivity contribution is 0.595. The minimum atomic E-state index is -1.14. The van der Waals surface area contributed by atoms with Crippen LogP contribution in [-0.4, -0.2) is 13.9 Å². The fraction of sp³-hybridized carbons (Fsp3) is 0.353. The Morgan fingerprint density at radius 3 is 2.50 bits per heavy atom. The molecule has 0 saturated carbocycles. The van der Waals surface area contributed by atoms with E-state index in [2.05, 4.69) is 37.8 Å². The molecule has 0 unspecified atom stereocenters. The van der Waals surface area contributed by atoms with Crippen molar-refractivity contribution in [1.29, 1.82) is 0 Å². The Morgan fingerprint density at radius 1 is 1.23 bits per heavy atom. The molecule has 2 rings (SSSR count). The van der Waals surface area contributed by atoms with Crippen LogP contribution in [0.1, 0.15) is 37.9 Å². The molecule has 0 amide bonds. The van der Waals surface area contributed by atoms with Crippen LogP contribution >= 0.6 is 15.9 Å². The van der Waals surface area contributed by atoms with Gasteiger partial charge in [-0.05, 0) is 60.3 Å². The number of nitrogens with one attached hydrogen (secondary N) is 1. The third-order valence-corrected chi connectivity index (χ3v) is 5.26. The lowest BCUT2D eigenvalue weighted by atomic mass is 10.0. The normalized spacial score (nSPS) is 14.5. The summed E-state index contributed by atoms with van der Waals surface area (Å²) < 4.78 is 16.4. The first-order valence-electron chi connectivity index (χ1n) is 7.18. The summed E-state index contributed by atoms with van der Waals surface area (Å²) in [5.74, 6) is 0. The van der Waals surface area contributed by atoms with Gasteiger partial charge in [-0.2, -0.15) is 0 Å². The first kappa shape index (κ1) is 17.3. The van der Waals surface area contributed by atoms with E-state index in [-0.39, 0.29) is 10.8 Å². The lowest BCUT2D eigenvalue weighted by Crippen LogP contribution is -2.36. The van der Waals surface area contributed by atoms with Gasteiger partial charge in [-0.15, -0.1) is 0 Å². The summed E-state index contributed by atoms with van der Waals surface area (Å²) in [6.45, 7) is 5.90. The van der Waals surface area contributed by atoms with Gasteiger partial charge in [0.15, 0.2) is 0 Å². The van der Waals surface area contributed by atoms with Gasteiger partial charge in [0.1, 0.15) is 0 Å². The summed E-state index contributed by atoms with van der Waals surface area (Å²) in [4.78, 5) is 4.23. The van der Waals surface area contributed by atoms with Crippen LogP contribution in [0.4, 0.5) is 0 Å². The second kappa shape index (κ2) is 7.49. The largest absolute Gasteiger partial charge is 0.263 e. The van der Waals surface area contributed by atoms with Crippen LogP contribution < -0.4 is 4.72 Å². The maximum absolute atomic E-state index is 12.5. The Balaban J connectivity index is 2.26. The van der Waals surface area contributed by atoms with E-state index in [0.717, 1.165) is 16.5 Å². The highest BCUT2D eigenvalue weighted by molar-refractivity contribution is 9.10. The molecule has 0 aliphatic heterocycles. The van der Waals surface area contributed by atoms with Gasteiger partial charge in [0.25, 0.3) is 0 Å². The number of aromatic nitrogens is 1. The quantitative estimate of drug-likeness (QED) is 0.844. The summed E-state index contributed by atoms with van der Waals surface area (Å²) >= 11 is 3.46. The second-order valence-electron chi connectivity index (χ2n) is 6.18. The molecule has 1 aromatic heterocycles. The molecule has 0 aliphatic rings. The fourth-order valence-corrected chi connectivity index (χ4v) is 3.22. The van der Waals surface area contributed by atoms with Crippen LogP contribution in [0.3, 0.4) is 0 Å². The molecule has 5 heteroatoms. The first-order chi connectivity index (χ1) is 10.4. The smallest absolute Gasteiger partial charge is 0.0976 e. The van der Waals surface area contributed by atoms with Crippen LogP contribution in [0.25, 0.3) is 0 Å². The molecule has 0 fully saturated rings. The van der Waals surface area contributed by atoms with Crippen LogP contribution in [-0.2, 0) is 17.4 Å². The van der Waals surface area contributed by atoms with Crippen molar-refractivity contribution in [2.24, 2.45) is 0 Å². The van der Waals surface area contributed by atoms with E-state index < -0.39 is 11.0 Å². The van der Waals surface area contributed by atoms with Crippen molar-refractivity contribution in [2.75, 3.05) is 0 Å². The molecule has 22 heavy (non-hydrogen) atoms. The Hall–Kier alpha value is -1.04.